The van der Waals surface area contributed by atoms with Crippen molar-refractivity contribution in [1.82, 2.24) is 5.32 Å². The first-order valence-electron chi connectivity index (χ1n) is 6.10. The van der Waals surface area contributed by atoms with Gasteiger partial charge >= 0.3 is 0 Å². The van der Waals surface area contributed by atoms with Crippen LogP contribution < -0.4 is 5.32 Å². The second-order valence-corrected chi connectivity index (χ2v) is 6.19. The molecule has 0 fully saturated rings. The van der Waals surface area contributed by atoms with Gasteiger partial charge in [0.25, 0.3) is 0 Å². The molecule has 1 atom stereocenters. The van der Waals surface area contributed by atoms with Gasteiger partial charge in [-0.1, -0.05) is 38.4 Å². The summed E-state index contributed by atoms with van der Waals surface area (Å²) in [6, 6.07) is 4.33. The van der Waals surface area contributed by atoms with E-state index in [0.29, 0.717) is 18.1 Å². The van der Waals surface area contributed by atoms with Gasteiger partial charge in [0.2, 0.25) is 0 Å². The molecule has 0 amide bonds. The summed E-state index contributed by atoms with van der Waals surface area (Å²) in [6.45, 7) is 7.30. The summed E-state index contributed by atoms with van der Waals surface area (Å²) in [7, 11) is 0. The average Bonchev–Trinajstić information content (AvgIpc) is 2.18. The van der Waals surface area contributed by atoms with Crippen molar-refractivity contribution < 1.29 is 9.50 Å². The fourth-order valence-corrected chi connectivity index (χ4v) is 2.05. The summed E-state index contributed by atoms with van der Waals surface area (Å²) in [5.41, 5.74) is 0.940. The molecule has 1 aromatic rings. The fourth-order valence-electron chi connectivity index (χ4n) is 1.82. The molecule has 18 heavy (non-hydrogen) atoms. The molecule has 0 bridgehead atoms. The number of rotatable bonds is 5. The topological polar surface area (TPSA) is 32.3 Å². The molecule has 0 saturated carbocycles. The van der Waals surface area contributed by atoms with E-state index in [4.69, 9.17) is 11.6 Å². The van der Waals surface area contributed by atoms with Gasteiger partial charge in [-0.05, 0) is 29.5 Å². The Bertz CT molecular complexity index is 390. The van der Waals surface area contributed by atoms with Gasteiger partial charge in [-0.25, -0.2) is 4.39 Å². The molecule has 0 aliphatic rings. The van der Waals surface area contributed by atoms with Gasteiger partial charge in [0.05, 0.1) is 6.10 Å². The molecular weight excluding hydrogens is 253 g/mol. The lowest BCUT2D eigenvalue weighted by atomic mass is 9.89. The second-order valence-electron chi connectivity index (χ2n) is 5.79. The third-order valence-corrected chi connectivity index (χ3v) is 2.91. The third kappa shape index (κ3) is 5.80. The number of halogens is 2. The molecule has 0 spiro atoms. The first-order chi connectivity index (χ1) is 8.28. The summed E-state index contributed by atoms with van der Waals surface area (Å²) >= 11 is 5.91. The summed E-state index contributed by atoms with van der Waals surface area (Å²) < 4.78 is 12.8. The number of nitrogens with one attached hydrogen (secondary N) is 1. The molecule has 1 aromatic carbocycles. The Hall–Kier alpha value is -0.640. The van der Waals surface area contributed by atoms with Crippen LogP contribution in [-0.2, 0) is 6.54 Å². The molecule has 0 aliphatic heterocycles. The van der Waals surface area contributed by atoms with Gasteiger partial charge in [0.15, 0.2) is 0 Å². The highest BCUT2D eigenvalue weighted by atomic mass is 35.5. The summed E-state index contributed by atoms with van der Waals surface area (Å²) in [6.07, 6.45) is 0.348. The van der Waals surface area contributed by atoms with Crippen LogP contribution in [0.3, 0.4) is 0 Å². The lowest BCUT2D eigenvalue weighted by Crippen LogP contribution is -2.29. The molecule has 2 N–H and O–H groups in total. The lowest BCUT2D eigenvalue weighted by Gasteiger charge is -2.22. The molecule has 0 heterocycles. The highest BCUT2D eigenvalue weighted by Crippen LogP contribution is 2.20. The maximum atomic E-state index is 12.8. The van der Waals surface area contributed by atoms with E-state index >= 15 is 0 Å². The highest BCUT2D eigenvalue weighted by molar-refractivity contribution is 6.31. The first kappa shape index (κ1) is 15.4. The van der Waals surface area contributed by atoms with E-state index in [1.54, 1.807) is 6.07 Å². The van der Waals surface area contributed by atoms with Crippen molar-refractivity contribution in [1.29, 1.82) is 0 Å². The number of hydrogen-bond acceptors (Lipinski definition) is 2. The van der Waals surface area contributed by atoms with Crippen LogP contribution in [-0.4, -0.2) is 17.8 Å². The Morgan fingerprint density at radius 3 is 2.61 bits per heavy atom. The molecule has 2 nitrogen and oxygen atoms in total. The van der Waals surface area contributed by atoms with Crippen molar-refractivity contribution in [2.45, 2.75) is 39.8 Å². The highest BCUT2D eigenvalue weighted by Gasteiger charge is 2.16. The Morgan fingerprint density at radius 2 is 2.06 bits per heavy atom. The zero-order valence-electron chi connectivity index (χ0n) is 11.1. The summed E-state index contributed by atoms with van der Waals surface area (Å²) in [5.74, 6) is -0.337. The second kappa shape index (κ2) is 6.50. The SMILES string of the molecule is CC(C)(C)CC(O)CNCc1ccc(F)cc1Cl. The molecule has 0 radical (unpaired) electrons. The Balaban J connectivity index is 2.37. The molecule has 0 aliphatic carbocycles. The summed E-state index contributed by atoms with van der Waals surface area (Å²) in [5, 5.41) is 13.4. The molecule has 4 heteroatoms. The number of aliphatic hydroxyl groups is 1. The Kier molecular flexibility index (Phi) is 5.57. The van der Waals surface area contributed by atoms with E-state index < -0.39 is 0 Å². The molecule has 0 aromatic heterocycles. The Labute approximate surface area is 113 Å². The van der Waals surface area contributed by atoms with E-state index in [2.05, 4.69) is 26.1 Å². The monoisotopic (exact) mass is 273 g/mol. The number of benzene rings is 1. The smallest absolute Gasteiger partial charge is 0.124 e. The molecule has 1 unspecified atom stereocenters. The van der Waals surface area contributed by atoms with Crippen molar-refractivity contribution in [3.63, 3.8) is 0 Å². The maximum absolute atomic E-state index is 12.8. The van der Waals surface area contributed by atoms with Gasteiger partial charge in [-0.3, -0.25) is 0 Å². The Morgan fingerprint density at radius 1 is 1.39 bits per heavy atom. The molecular formula is C14H21ClFNO. The van der Waals surface area contributed by atoms with Gasteiger partial charge in [0.1, 0.15) is 5.82 Å². The van der Waals surface area contributed by atoms with Crippen LogP contribution in [0.1, 0.15) is 32.8 Å². The normalized spacial score (nSPS) is 13.7. The van der Waals surface area contributed by atoms with Crippen LogP contribution in [0.4, 0.5) is 4.39 Å². The van der Waals surface area contributed by atoms with E-state index in [1.165, 1.54) is 12.1 Å². The van der Waals surface area contributed by atoms with Gasteiger partial charge in [0, 0.05) is 18.1 Å². The summed E-state index contributed by atoms with van der Waals surface area (Å²) in [4.78, 5) is 0. The van der Waals surface area contributed by atoms with Crippen molar-refractivity contribution in [2.75, 3.05) is 6.54 Å². The standard InChI is InChI=1S/C14H21ClFNO/c1-14(2,3)7-12(18)9-17-8-10-4-5-11(16)6-13(10)15/h4-6,12,17-18H,7-9H2,1-3H3. The molecule has 102 valence electrons. The van der Waals surface area contributed by atoms with Crippen LogP contribution in [0, 0.1) is 11.2 Å². The van der Waals surface area contributed by atoms with Gasteiger partial charge in [-0.2, -0.15) is 0 Å². The van der Waals surface area contributed by atoms with Crippen molar-refractivity contribution in [3.8, 4) is 0 Å². The zero-order chi connectivity index (χ0) is 13.8. The fraction of sp³-hybridized carbons (Fsp3) is 0.571. The van der Waals surface area contributed by atoms with E-state index in [0.717, 1.165) is 12.0 Å². The minimum absolute atomic E-state index is 0.106. The quantitative estimate of drug-likeness (QED) is 0.862. The van der Waals surface area contributed by atoms with Crippen molar-refractivity contribution >= 4 is 11.6 Å². The van der Waals surface area contributed by atoms with Crippen LogP contribution in [0.2, 0.25) is 5.02 Å². The predicted molar refractivity (Wildman–Crippen MR) is 73.2 cm³/mol. The predicted octanol–water partition coefficient (Wildman–Crippen LogP) is 3.37. The van der Waals surface area contributed by atoms with Gasteiger partial charge in [-0.15, -0.1) is 0 Å². The lowest BCUT2D eigenvalue weighted by molar-refractivity contribution is 0.119. The molecule has 1 rings (SSSR count). The van der Waals surface area contributed by atoms with Crippen LogP contribution in [0.25, 0.3) is 0 Å². The minimum atomic E-state index is -0.385. The number of aliphatic hydroxyl groups excluding tert-OH is 1. The van der Waals surface area contributed by atoms with E-state index in [9.17, 15) is 9.50 Å². The van der Waals surface area contributed by atoms with E-state index in [1.807, 2.05) is 0 Å². The third-order valence-electron chi connectivity index (χ3n) is 2.56. The number of hydrogen-bond donors (Lipinski definition) is 2. The minimum Gasteiger partial charge on any atom is -0.392 e. The molecule has 0 saturated heterocycles. The van der Waals surface area contributed by atoms with Crippen LogP contribution in [0.5, 0.6) is 0 Å². The maximum Gasteiger partial charge on any atom is 0.124 e. The van der Waals surface area contributed by atoms with Crippen LogP contribution >= 0.6 is 11.6 Å². The van der Waals surface area contributed by atoms with Gasteiger partial charge < -0.3 is 10.4 Å². The van der Waals surface area contributed by atoms with Crippen molar-refractivity contribution in [2.24, 2.45) is 5.41 Å². The zero-order valence-corrected chi connectivity index (χ0v) is 11.9. The average molecular weight is 274 g/mol. The first-order valence-corrected chi connectivity index (χ1v) is 6.48. The van der Waals surface area contributed by atoms with Crippen molar-refractivity contribution in [3.05, 3.63) is 34.6 Å². The van der Waals surface area contributed by atoms with E-state index in [-0.39, 0.29) is 17.3 Å². The van der Waals surface area contributed by atoms with Crippen LogP contribution in [0.15, 0.2) is 18.2 Å². The largest absolute Gasteiger partial charge is 0.392 e.